The highest BCUT2D eigenvalue weighted by Gasteiger charge is 2.58. The Labute approximate surface area is 186 Å². The molecule has 2 heterocycles. The van der Waals surface area contributed by atoms with Crippen molar-refractivity contribution >= 4 is 53.1 Å². The molecule has 152 valence electrons. The van der Waals surface area contributed by atoms with E-state index in [0.29, 0.717) is 13.1 Å². The van der Waals surface area contributed by atoms with E-state index in [0.717, 1.165) is 31.8 Å². The highest BCUT2D eigenvalue weighted by molar-refractivity contribution is 14.0. The van der Waals surface area contributed by atoms with Crippen LogP contribution in [0.5, 0.6) is 0 Å². The van der Waals surface area contributed by atoms with Crippen LogP contribution in [0.1, 0.15) is 17.7 Å². The summed E-state index contributed by atoms with van der Waals surface area (Å²) in [6.45, 7) is 1.99. The molecule has 0 radical (unpaired) electrons. The fourth-order valence-corrected chi connectivity index (χ4v) is 5.32. The van der Waals surface area contributed by atoms with Gasteiger partial charge >= 0.3 is 0 Å². The Kier molecular flexibility index (Phi) is 7.14. The second kappa shape index (κ2) is 9.39. The summed E-state index contributed by atoms with van der Waals surface area (Å²) in [7, 11) is 1.75. The third-order valence-electron chi connectivity index (χ3n) is 5.88. The topological polar surface area (TPSA) is 73.8 Å². The van der Waals surface area contributed by atoms with Crippen LogP contribution in [0.2, 0.25) is 0 Å². The maximum absolute atomic E-state index is 12.6. The lowest BCUT2D eigenvalue weighted by atomic mass is 9.85. The molecule has 0 spiro atoms. The fourth-order valence-electron chi connectivity index (χ4n) is 4.61. The average Bonchev–Trinajstić information content (AvgIpc) is 3.44. The Bertz CT molecular complexity index is 734. The number of hydrogen-bond donors (Lipinski definition) is 2. The van der Waals surface area contributed by atoms with E-state index in [9.17, 15) is 9.59 Å². The molecule has 8 heteroatoms. The minimum Gasteiger partial charge on any atom is -0.356 e. The van der Waals surface area contributed by atoms with Crippen molar-refractivity contribution in [3.05, 3.63) is 34.5 Å². The second-order valence-corrected chi connectivity index (χ2v) is 8.47. The first-order valence-electron chi connectivity index (χ1n) is 9.69. The third-order valence-corrected chi connectivity index (χ3v) is 6.82. The molecule has 0 aromatic carbocycles. The molecule has 2 bridgehead atoms. The molecule has 2 amide bonds. The lowest BCUT2D eigenvalue weighted by molar-refractivity contribution is -0.140. The van der Waals surface area contributed by atoms with Gasteiger partial charge in [0.05, 0.1) is 11.8 Å². The van der Waals surface area contributed by atoms with Gasteiger partial charge in [0.2, 0.25) is 11.8 Å². The van der Waals surface area contributed by atoms with Crippen molar-refractivity contribution < 1.29 is 9.59 Å². The second-order valence-electron chi connectivity index (χ2n) is 7.44. The summed E-state index contributed by atoms with van der Waals surface area (Å²) in [6, 6.07) is 4.19. The molecule has 1 saturated carbocycles. The molecular weight excluding hydrogens is 487 g/mol. The van der Waals surface area contributed by atoms with Gasteiger partial charge in [-0.25, -0.2) is 0 Å². The van der Waals surface area contributed by atoms with Crippen molar-refractivity contribution in [2.45, 2.75) is 19.3 Å². The number of carbonyl (C=O) groups excluding carboxylic acids is 2. The maximum atomic E-state index is 12.6. The number of carbonyl (C=O) groups is 2. The van der Waals surface area contributed by atoms with Crippen LogP contribution in [-0.4, -0.2) is 49.4 Å². The number of hydrogen-bond acceptors (Lipinski definition) is 4. The number of halogens is 1. The molecule has 3 aliphatic rings. The van der Waals surface area contributed by atoms with Gasteiger partial charge in [0, 0.05) is 31.6 Å². The van der Waals surface area contributed by atoms with E-state index in [1.165, 1.54) is 9.78 Å². The predicted molar refractivity (Wildman–Crippen MR) is 122 cm³/mol. The standard InChI is InChI=1S/C20H26N4O2S.HI/c1-21-20(23-9-7-15-4-2-11-27-15)22-8-3-10-24-18(25)16-13-5-6-14(12-13)17(16)19(24)26;/h2,4-6,11,13-14,16-17H,3,7-10,12H2,1H3,(H2,21,22,23);1H. The number of fused-ring (bicyclic) bond motifs is 5. The predicted octanol–water partition coefficient (Wildman–Crippen LogP) is 2.27. The first-order chi connectivity index (χ1) is 13.2. The van der Waals surface area contributed by atoms with Crippen LogP contribution in [0.25, 0.3) is 0 Å². The lowest BCUT2D eigenvalue weighted by Crippen LogP contribution is -2.40. The van der Waals surface area contributed by atoms with Gasteiger partial charge in [-0.2, -0.15) is 0 Å². The van der Waals surface area contributed by atoms with E-state index >= 15 is 0 Å². The molecular formula is C20H27IN4O2S. The zero-order chi connectivity index (χ0) is 18.8. The van der Waals surface area contributed by atoms with Crippen LogP contribution in [0.3, 0.4) is 0 Å². The molecule has 2 N–H and O–H groups in total. The molecule has 4 atom stereocenters. The Balaban J connectivity index is 0.00000225. The van der Waals surface area contributed by atoms with E-state index in [1.807, 2.05) is 0 Å². The number of amides is 2. The van der Waals surface area contributed by atoms with Gasteiger partial charge < -0.3 is 10.6 Å². The van der Waals surface area contributed by atoms with Crippen molar-refractivity contribution in [1.82, 2.24) is 15.5 Å². The number of likely N-dealkylation sites (tertiary alicyclic amines) is 1. The van der Waals surface area contributed by atoms with Crippen molar-refractivity contribution in [2.75, 3.05) is 26.7 Å². The van der Waals surface area contributed by atoms with E-state index in [-0.39, 0.29) is 59.5 Å². The Morgan fingerprint density at radius 3 is 2.46 bits per heavy atom. The maximum Gasteiger partial charge on any atom is 0.233 e. The summed E-state index contributed by atoms with van der Waals surface area (Å²) in [5.41, 5.74) is 0. The highest BCUT2D eigenvalue weighted by Crippen LogP contribution is 2.52. The number of rotatable bonds is 7. The Morgan fingerprint density at radius 2 is 1.86 bits per heavy atom. The normalized spacial score (nSPS) is 27.9. The van der Waals surface area contributed by atoms with Gasteiger partial charge in [-0.3, -0.25) is 19.5 Å². The minimum absolute atomic E-state index is 0. The summed E-state index contributed by atoms with van der Waals surface area (Å²) in [6.07, 6.45) is 6.94. The van der Waals surface area contributed by atoms with Crippen LogP contribution in [-0.2, 0) is 16.0 Å². The summed E-state index contributed by atoms with van der Waals surface area (Å²) in [4.78, 5) is 32.3. The molecule has 6 nitrogen and oxygen atoms in total. The van der Waals surface area contributed by atoms with Crippen LogP contribution < -0.4 is 10.6 Å². The molecule has 1 saturated heterocycles. The smallest absolute Gasteiger partial charge is 0.233 e. The van der Waals surface area contributed by atoms with Gasteiger partial charge in [-0.1, -0.05) is 18.2 Å². The SMILES string of the molecule is CN=C(NCCCN1C(=O)C2C3C=CC(C3)C2C1=O)NCCc1cccs1.I. The van der Waals surface area contributed by atoms with Crippen LogP contribution in [0.15, 0.2) is 34.7 Å². The van der Waals surface area contributed by atoms with E-state index in [4.69, 9.17) is 0 Å². The van der Waals surface area contributed by atoms with Gasteiger partial charge in [-0.15, -0.1) is 35.3 Å². The zero-order valence-corrected chi connectivity index (χ0v) is 19.1. The highest BCUT2D eigenvalue weighted by atomic mass is 127. The number of aliphatic imine (C=N–C) groups is 1. The van der Waals surface area contributed by atoms with Crippen molar-refractivity contribution in [3.63, 3.8) is 0 Å². The Morgan fingerprint density at radius 1 is 1.18 bits per heavy atom. The van der Waals surface area contributed by atoms with Crippen molar-refractivity contribution in [1.29, 1.82) is 0 Å². The van der Waals surface area contributed by atoms with Gasteiger partial charge in [-0.05, 0) is 42.5 Å². The zero-order valence-electron chi connectivity index (χ0n) is 16.0. The summed E-state index contributed by atoms with van der Waals surface area (Å²) in [5.74, 6) is 1.22. The molecule has 1 aromatic heterocycles. The van der Waals surface area contributed by atoms with Gasteiger partial charge in [0.15, 0.2) is 5.96 Å². The van der Waals surface area contributed by atoms with Crippen LogP contribution in [0.4, 0.5) is 0 Å². The Hall–Kier alpha value is -1.42. The number of nitrogens with one attached hydrogen (secondary N) is 2. The quantitative estimate of drug-likeness (QED) is 0.146. The summed E-state index contributed by atoms with van der Waals surface area (Å²) in [5, 5.41) is 8.64. The average molecular weight is 514 g/mol. The van der Waals surface area contributed by atoms with Crippen molar-refractivity contribution in [3.8, 4) is 0 Å². The number of imide groups is 1. The largest absolute Gasteiger partial charge is 0.356 e. The van der Waals surface area contributed by atoms with E-state index in [1.54, 1.807) is 18.4 Å². The van der Waals surface area contributed by atoms with E-state index < -0.39 is 0 Å². The molecule has 2 aliphatic carbocycles. The minimum atomic E-state index is -0.0906. The van der Waals surface area contributed by atoms with Crippen LogP contribution >= 0.6 is 35.3 Å². The molecule has 1 aliphatic heterocycles. The molecule has 4 unspecified atom stereocenters. The number of nitrogens with zero attached hydrogens (tertiary/aromatic N) is 2. The molecule has 2 fully saturated rings. The molecule has 28 heavy (non-hydrogen) atoms. The third kappa shape index (κ3) is 4.12. The first kappa shape index (κ1) is 21.3. The fraction of sp³-hybridized carbons (Fsp3) is 0.550. The number of guanidine groups is 1. The molecule has 1 aromatic rings. The monoisotopic (exact) mass is 514 g/mol. The van der Waals surface area contributed by atoms with Crippen LogP contribution in [0, 0.1) is 23.7 Å². The number of thiophene rings is 1. The van der Waals surface area contributed by atoms with Gasteiger partial charge in [0.1, 0.15) is 0 Å². The van der Waals surface area contributed by atoms with E-state index in [2.05, 4.69) is 45.3 Å². The number of allylic oxidation sites excluding steroid dienone is 2. The van der Waals surface area contributed by atoms with Crippen molar-refractivity contribution in [2.24, 2.45) is 28.7 Å². The molecule has 4 rings (SSSR count). The summed E-state index contributed by atoms with van der Waals surface area (Å²) < 4.78 is 0. The lowest BCUT2D eigenvalue weighted by Gasteiger charge is -2.18. The first-order valence-corrected chi connectivity index (χ1v) is 10.6. The summed E-state index contributed by atoms with van der Waals surface area (Å²) >= 11 is 1.76. The van der Waals surface area contributed by atoms with Gasteiger partial charge in [0.25, 0.3) is 0 Å².